The Hall–Kier alpha value is -3.22. The van der Waals surface area contributed by atoms with Gasteiger partial charge < -0.3 is 10.1 Å². The molecule has 0 radical (unpaired) electrons. The summed E-state index contributed by atoms with van der Waals surface area (Å²) in [6, 6.07) is 14.9. The lowest BCUT2D eigenvalue weighted by Gasteiger charge is -2.05. The Morgan fingerprint density at radius 3 is 2.50 bits per heavy atom. The summed E-state index contributed by atoms with van der Waals surface area (Å²) in [5.74, 6) is 0.994. The predicted molar refractivity (Wildman–Crippen MR) is 89.6 cm³/mol. The molecule has 0 spiro atoms. The number of hydrogen-bond donors (Lipinski definition) is 1. The van der Waals surface area contributed by atoms with E-state index in [0.717, 1.165) is 16.9 Å². The molecule has 1 amide bonds. The van der Waals surface area contributed by atoms with Gasteiger partial charge in [-0.15, -0.1) is 10.2 Å². The predicted octanol–water partition coefficient (Wildman–Crippen LogP) is 2.30. The first kappa shape index (κ1) is 15.7. The summed E-state index contributed by atoms with van der Waals surface area (Å²) in [7, 11) is 1.59. The van der Waals surface area contributed by atoms with Crippen molar-refractivity contribution < 1.29 is 9.53 Å². The van der Waals surface area contributed by atoms with Crippen LogP contribution in [-0.4, -0.2) is 33.2 Å². The van der Waals surface area contributed by atoms with E-state index < -0.39 is 0 Å². The Kier molecular flexibility index (Phi) is 4.51. The maximum absolute atomic E-state index is 12.1. The van der Waals surface area contributed by atoms with Crippen LogP contribution in [0.5, 0.6) is 5.75 Å². The van der Waals surface area contributed by atoms with Gasteiger partial charge in [0.05, 0.1) is 7.11 Å². The minimum atomic E-state index is -0.229. The van der Waals surface area contributed by atoms with E-state index >= 15 is 0 Å². The number of nitrogens with zero attached hydrogens (tertiary/aromatic N) is 4. The van der Waals surface area contributed by atoms with E-state index in [4.69, 9.17) is 4.74 Å². The minimum Gasteiger partial charge on any atom is -0.497 e. The molecule has 0 bridgehead atoms. The second kappa shape index (κ2) is 6.91. The third-order valence-electron chi connectivity index (χ3n) is 3.42. The molecular weight excluding hydrogens is 306 g/mol. The molecule has 0 fully saturated rings. The normalized spacial score (nSPS) is 10.4. The molecule has 0 aliphatic rings. The number of amides is 1. The van der Waals surface area contributed by atoms with E-state index in [0.29, 0.717) is 11.5 Å². The third-order valence-corrected chi connectivity index (χ3v) is 3.42. The van der Waals surface area contributed by atoms with Crippen LogP contribution in [0.25, 0.3) is 11.4 Å². The Morgan fingerprint density at radius 2 is 1.83 bits per heavy atom. The number of anilines is 1. The topological polar surface area (TPSA) is 81.9 Å². The number of rotatable bonds is 5. The summed E-state index contributed by atoms with van der Waals surface area (Å²) in [5, 5.41) is 14.9. The fourth-order valence-electron chi connectivity index (χ4n) is 2.13. The number of hydrogen-bond acceptors (Lipinski definition) is 5. The zero-order valence-corrected chi connectivity index (χ0v) is 13.4. The molecule has 1 heterocycles. The van der Waals surface area contributed by atoms with Crippen molar-refractivity contribution >= 4 is 11.6 Å². The first-order chi connectivity index (χ1) is 11.6. The number of benzene rings is 2. The average Bonchev–Trinajstić information content (AvgIpc) is 3.04. The van der Waals surface area contributed by atoms with Crippen molar-refractivity contribution in [2.75, 3.05) is 12.4 Å². The quantitative estimate of drug-likeness (QED) is 0.779. The lowest BCUT2D eigenvalue weighted by Crippen LogP contribution is -2.20. The highest BCUT2D eigenvalue weighted by molar-refractivity contribution is 5.90. The van der Waals surface area contributed by atoms with Crippen LogP contribution in [0, 0.1) is 6.92 Å². The van der Waals surface area contributed by atoms with E-state index in [1.165, 1.54) is 4.80 Å². The van der Waals surface area contributed by atoms with Gasteiger partial charge in [0.15, 0.2) is 0 Å². The molecule has 0 atom stereocenters. The zero-order valence-electron chi connectivity index (χ0n) is 13.4. The molecule has 1 aromatic heterocycles. The van der Waals surface area contributed by atoms with Gasteiger partial charge in [-0.25, -0.2) is 0 Å². The largest absolute Gasteiger partial charge is 0.497 e. The van der Waals surface area contributed by atoms with Gasteiger partial charge in [0, 0.05) is 11.3 Å². The van der Waals surface area contributed by atoms with Gasteiger partial charge in [0.25, 0.3) is 0 Å². The summed E-state index contributed by atoms with van der Waals surface area (Å²) in [6.45, 7) is 2.00. The third kappa shape index (κ3) is 3.75. The smallest absolute Gasteiger partial charge is 0.248 e. The highest BCUT2D eigenvalue weighted by Gasteiger charge is 2.09. The van der Waals surface area contributed by atoms with Gasteiger partial charge in [-0.05, 0) is 36.4 Å². The molecule has 3 aromatic rings. The molecule has 0 saturated carbocycles. The van der Waals surface area contributed by atoms with Crippen LogP contribution in [0.2, 0.25) is 0 Å². The maximum Gasteiger partial charge on any atom is 0.248 e. The van der Waals surface area contributed by atoms with Crippen LogP contribution < -0.4 is 10.1 Å². The van der Waals surface area contributed by atoms with Gasteiger partial charge in [0.2, 0.25) is 11.7 Å². The van der Waals surface area contributed by atoms with E-state index in [2.05, 4.69) is 20.7 Å². The highest BCUT2D eigenvalue weighted by Crippen LogP contribution is 2.15. The molecule has 1 N–H and O–H groups in total. The van der Waals surface area contributed by atoms with Crippen molar-refractivity contribution in [2.45, 2.75) is 13.5 Å². The van der Waals surface area contributed by atoms with E-state index in [1.54, 1.807) is 31.4 Å². The number of nitrogens with one attached hydrogen (secondary N) is 1. The van der Waals surface area contributed by atoms with E-state index in [-0.39, 0.29) is 12.5 Å². The fourth-order valence-corrected chi connectivity index (χ4v) is 2.13. The monoisotopic (exact) mass is 323 g/mol. The van der Waals surface area contributed by atoms with Crippen molar-refractivity contribution in [2.24, 2.45) is 0 Å². The SMILES string of the molecule is COc1ccc(NC(=O)Cn2nnc(-c3ccc(C)cc3)n2)cc1. The molecule has 0 aliphatic heterocycles. The zero-order chi connectivity index (χ0) is 16.9. The van der Waals surface area contributed by atoms with Crippen LogP contribution in [0.3, 0.4) is 0 Å². The summed E-state index contributed by atoms with van der Waals surface area (Å²) in [4.78, 5) is 13.3. The molecule has 3 rings (SSSR count). The van der Waals surface area contributed by atoms with Crippen LogP contribution in [0.15, 0.2) is 48.5 Å². The van der Waals surface area contributed by atoms with Gasteiger partial charge in [-0.3, -0.25) is 4.79 Å². The standard InChI is InChI=1S/C17H17N5O2/c1-12-3-5-13(6-4-12)17-19-21-22(20-17)11-16(23)18-14-7-9-15(24-2)10-8-14/h3-10H,11H2,1-2H3,(H,18,23). The molecule has 0 aliphatic carbocycles. The minimum absolute atomic E-state index is 0.00904. The first-order valence-electron chi connectivity index (χ1n) is 7.43. The second-order valence-corrected chi connectivity index (χ2v) is 5.29. The lowest BCUT2D eigenvalue weighted by molar-refractivity contribution is -0.117. The van der Waals surface area contributed by atoms with Crippen LogP contribution in [0.1, 0.15) is 5.56 Å². The Balaban J connectivity index is 1.63. The van der Waals surface area contributed by atoms with Gasteiger partial charge in [-0.2, -0.15) is 4.80 Å². The molecular formula is C17H17N5O2. The molecule has 2 aromatic carbocycles. The van der Waals surface area contributed by atoms with Gasteiger partial charge >= 0.3 is 0 Å². The van der Waals surface area contributed by atoms with Crippen LogP contribution in [0.4, 0.5) is 5.69 Å². The van der Waals surface area contributed by atoms with Crippen molar-refractivity contribution in [1.29, 1.82) is 0 Å². The molecule has 7 heteroatoms. The maximum atomic E-state index is 12.1. The Labute approximate surface area is 139 Å². The average molecular weight is 323 g/mol. The van der Waals surface area contributed by atoms with Crippen molar-refractivity contribution in [3.8, 4) is 17.1 Å². The number of tetrazole rings is 1. The Morgan fingerprint density at radius 1 is 1.12 bits per heavy atom. The molecule has 0 saturated heterocycles. The van der Waals surface area contributed by atoms with Crippen LogP contribution in [-0.2, 0) is 11.3 Å². The molecule has 7 nitrogen and oxygen atoms in total. The molecule has 122 valence electrons. The highest BCUT2D eigenvalue weighted by atomic mass is 16.5. The number of carbonyl (C=O) groups is 1. The first-order valence-corrected chi connectivity index (χ1v) is 7.43. The van der Waals surface area contributed by atoms with Crippen LogP contribution >= 0.6 is 0 Å². The number of aryl methyl sites for hydroxylation is 1. The fraction of sp³-hybridized carbons (Fsp3) is 0.176. The lowest BCUT2D eigenvalue weighted by atomic mass is 10.1. The summed E-state index contributed by atoms with van der Waals surface area (Å²) in [6.07, 6.45) is 0. The molecule has 0 unspecified atom stereocenters. The van der Waals surface area contributed by atoms with Gasteiger partial charge in [0.1, 0.15) is 12.3 Å². The summed E-state index contributed by atoms with van der Waals surface area (Å²) < 4.78 is 5.08. The summed E-state index contributed by atoms with van der Waals surface area (Å²) >= 11 is 0. The summed E-state index contributed by atoms with van der Waals surface area (Å²) in [5.41, 5.74) is 2.70. The second-order valence-electron chi connectivity index (χ2n) is 5.29. The van der Waals surface area contributed by atoms with Crippen molar-refractivity contribution in [3.63, 3.8) is 0 Å². The van der Waals surface area contributed by atoms with Gasteiger partial charge in [-0.1, -0.05) is 29.8 Å². The number of methoxy groups -OCH3 is 1. The number of ether oxygens (including phenoxy) is 1. The molecule has 24 heavy (non-hydrogen) atoms. The number of carbonyl (C=O) groups excluding carboxylic acids is 1. The number of aromatic nitrogens is 4. The van der Waals surface area contributed by atoms with E-state index in [1.807, 2.05) is 31.2 Å². The van der Waals surface area contributed by atoms with Crippen molar-refractivity contribution in [1.82, 2.24) is 20.2 Å². The van der Waals surface area contributed by atoms with E-state index in [9.17, 15) is 4.79 Å². The Bertz CT molecular complexity index is 825. The van der Waals surface area contributed by atoms with Crippen molar-refractivity contribution in [3.05, 3.63) is 54.1 Å².